The van der Waals surface area contributed by atoms with Crippen LogP contribution in [0.1, 0.15) is 37.8 Å². The van der Waals surface area contributed by atoms with Gasteiger partial charge in [-0.2, -0.15) is 0 Å². The lowest BCUT2D eigenvalue weighted by molar-refractivity contribution is 0.377. The van der Waals surface area contributed by atoms with Gasteiger partial charge in [-0.05, 0) is 76.1 Å². The van der Waals surface area contributed by atoms with E-state index in [-0.39, 0.29) is 5.41 Å². The zero-order chi connectivity index (χ0) is 35.6. The summed E-state index contributed by atoms with van der Waals surface area (Å²) in [6, 6.07) is 64.3. The second-order valence-electron chi connectivity index (χ2n) is 14.2. The number of benzene rings is 7. The number of ether oxygens (including phenoxy) is 1. The molecule has 0 N–H and O–H groups in total. The highest BCUT2D eigenvalue weighted by Gasteiger charge is 2.48. The summed E-state index contributed by atoms with van der Waals surface area (Å²) < 4.78 is 11.8. The van der Waals surface area contributed by atoms with Gasteiger partial charge in [0.1, 0.15) is 11.5 Å². The number of fused-ring (bicyclic) bond motifs is 7. The molecule has 256 valence electrons. The normalized spacial score (nSPS) is 13.5. The van der Waals surface area contributed by atoms with E-state index >= 15 is 0 Å². The Bertz CT molecular complexity index is 2760. The van der Waals surface area contributed by atoms with Crippen LogP contribution in [0.4, 0.5) is 0 Å². The highest BCUT2D eigenvalue weighted by Crippen LogP contribution is 2.51. The van der Waals surface area contributed by atoms with Gasteiger partial charge in [0, 0.05) is 22.2 Å². The molecule has 1 aliphatic rings. The lowest BCUT2D eigenvalue weighted by Crippen LogP contribution is -2.75. The first-order valence-corrected chi connectivity index (χ1v) is 20.7. The second-order valence-corrected chi connectivity index (χ2v) is 17.9. The van der Waals surface area contributed by atoms with E-state index in [0.717, 1.165) is 57.9 Å². The summed E-state index contributed by atoms with van der Waals surface area (Å²) >= 11 is 0. The molecule has 0 fully saturated rings. The minimum atomic E-state index is -3.06. The maximum Gasteiger partial charge on any atom is 0.220 e. The molecule has 0 amide bonds. The molecule has 0 aliphatic carbocycles. The van der Waals surface area contributed by atoms with E-state index in [2.05, 4.69) is 199 Å². The molecule has 7 aromatic carbocycles. The summed E-state index contributed by atoms with van der Waals surface area (Å²) in [4.78, 5) is 5.23. The summed E-state index contributed by atoms with van der Waals surface area (Å²) in [6.45, 7) is 4.65. The molecule has 0 radical (unpaired) electrons. The van der Waals surface area contributed by atoms with Gasteiger partial charge >= 0.3 is 0 Å². The minimum Gasteiger partial charge on any atom is -0.457 e. The van der Waals surface area contributed by atoms with Crippen LogP contribution in [-0.4, -0.2) is 22.0 Å². The third-order valence-electron chi connectivity index (χ3n) is 11.8. The average Bonchev–Trinajstić information content (AvgIpc) is 3.76. The van der Waals surface area contributed by atoms with Crippen molar-refractivity contribution >= 4 is 56.7 Å². The van der Waals surface area contributed by atoms with Crippen molar-refractivity contribution in [3.8, 4) is 17.2 Å². The third kappa shape index (κ3) is 4.44. The van der Waals surface area contributed by atoms with Gasteiger partial charge in [-0.1, -0.05) is 147 Å². The molecule has 0 atom stereocenters. The largest absolute Gasteiger partial charge is 0.457 e. The quantitative estimate of drug-likeness (QED) is 0.123. The Hall–Kier alpha value is -6.17. The Morgan fingerprint density at radius 3 is 1.87 bits per heavy atom. The van der Waals surface area contributed by atoms with E-state index < -0.39 is 8.07 Å². The van der Waals surface area contributed by atoms with Gasteiger partial charge in [0.15, 0.2) is 8.07 Å². The molecule has 53 heavy (non-hydrogen) atoms. The zero-order valence-corrected chi connectivity index (χ0v) is 30.9. The van der Waals surface area contributed by atoms with Crippen LogP contribution < -0.4 is 25.5 Å². The maximum absolute atomic E-state index is 7.21. The van der Waals surface area contributed by atoms with Crippen molar-refractivity contribution in [3.63, 3.8) is 0 Å². The first kappa shape index (κ1) is 31.6. The molecule has 4 nitrogen and oxygen atoms in total. The fourth-order valence-electron chi connectivity index (χ4n) is 9.36. The lowest BCUT2D eigenvalue weighted by atomic mass is 9.69. The molecule has 0 bridgehead atoms. The molecule has 3 heterocycles. The van der Waals surface area contributed by atoms with Crippen molar-refractivity contribution in [2.24, 2.45) is 0 Å². The predicted octanol–water partition coefficient (Wildman–Crippen LogP) is 9.02. The topological polar surface area (TPSA) is 31.5 Å². The molecule has 0 unspecified atom stereocenters. The van der Waals surface area contributed by atoms with Crippen molar-refractivity contribution in [1.29, 1.82) is 0 Å². The highest BCUT2D eigenvalue weighted by atomic mass is 28.3. The summed E-state index contributed by atoms with van der Waals surface area (Å²) in [5.74, 6) is 2.87. The Morgan fingerprint density at radius 1 is 0.547 bits per heavy atom. The van der Waals surface area contributed by atoms with Gasteiger partial charge in [0.25, 0.3) is 0 Å². The number of aromatic nitrogens is 3. The Labute approximate surface area is 310 Å². The maximum atomic E-state index is 7.21. The van der Waals surface area contributed by atoms with Crippen LogP contribution >= 0.6 is 0 Å². The standard InChI is InChI=1S/C48H39N3OSi/c1-3-48(4-2)38-25-11-16-31-44(38)52-46-39(48)26-18-32-45(46)53(35-20-7-5-8-21-35,36-22-9-6-10-23-36)37-24-17-19-34(33-37)50-42-29-14-15-30-43(42)51-41-28-13-12-27-40(41)49-47(50)51/h5-33H,3-4H2,1-2H3. The Kier molecular flexibility index (Phi) is 7.27. The van der Waals surface area contributed by atoms with Crippen molar-refractivity contribution in [2.75, 3.05) is 0 Å². The van der Waals surface area contributed by atoms with E-state index in [1.54, 1.807) is 0 Å². The third-order valence-corrected chi connectivity index (χ3v) is 16.6. The number of hydrogen-bond acceptors (Lipinski definition) is 2. The fourth-order valence-corrected chi connectivity index (χ4v) is 14.3. The average molecular weight is 702 g/mol. The molecule has 5 heteroatoms. The molecule has 2 aromatic heterocycles. The van der Waals surface area contributed by atoms with E-state index in [9.17, 15) is 0 Å². The van der Waals surface area contributed by atoms with Gasteiger partial charge in [0.05, 0.1) is 22.1 Å². The number of hydrogen-bond donors (Lipinski definition) is 0. The van der Waals surface area contributed by atoms with Crippen LogP contribution in [0.15, 0.2) is 176 Å². The van der Waals surface area contributed by atoms with Crippen LogP contribution in [0.25, 0.3) is 33.5 Å². The van der Waals surface area contributed by atoms with E-state index in [4.69, 9.17) is 9.72 Å². The van der Waals surface area contributed by atoms with Crippen LogP contribution in [0.3, 0.4) is 0 Å². The summed E-state index contributed by atoms with van der Waals surface area (Å²) in [5.41, 5.74) is 7.83. The second kappa shape index (κ2) is 12.2. The van der Waals surface area contributed by atoms with Gasteiger partial charge in [-0.25, -0.2) is 4.98 Å². The van der Waals surface area contributed by atoms with Gasteiger partial charge in [-0.15, -0.1) is 0 Å². The summed E-state index contributed by atoms with van der Waals surface area (Å²) in [6.07, 6.45) is 1.97. The van der Waals surface area contributed by atoms with Gasteiger partial charge in [-0.3, -0.25) is 8.97 Å². The Balaban J connectivity index is 1.32. The molecule has 0 saturated heterocycles. The summed E-state index contributed by atoms with van der Waals surface area (Å²) in [7, 11) is -3.06. The number of nitrogens with zero attached hydrogens (tertiary/aromatic N) is 3. The van der Waals surface area contributed by atoms with Crippen LogP contribution in [-0.2, 0) is 5.41 Å². The molecular weight excluding hydrogens is 663 g/mol. The van der Waals surface area contributed by atoms with E-state index in [1.165, 1.54) is 31.9 Å². The first-order chi connectivity index (χ1) is 26.2. The fraction of sp³-hybridized carbons (Fsp3) is 0.104. The number of rotatable bonds is 7. The molecule has 9 aromatic rings. The van der Waals surface area contributed by atoms with Crippen LogP contribution in [0.5, 0.6) is 11.5 Å². The van der Waals surface area contributed by atoms with Crippen molar-refractivity contribution < 1.29 is 4.74 Å². The molecule has 1 aliphatic heterocycles. The summed E-state index contributed by atoms with van der Waals surface area (Å²) in [5, 5.41) is 5.17. The molecular formula is C48H39N3OSi. The monoisotopic (exact) mass is 701 g/mol. The van der Waals surface area contributed by atoms with E-state index in [0.29, 0.717) is 0 Å². The Morgan fingerprint density at radius 2 is 1.13 bits per heavy atom. The predicted molar refractivity (Wildman–Crippen MR) is 221 cm³/mol. The zero-order valence-electron chi connectivity index (χ0n) is 29.9. The minimum absolute atomic E-state index is 0.159. The van der Waals surface area contributed by atoms with E-state index in [1.807, 2.05) is 0 Å². The SMILES string of the molecule is CCC1(CC)c2ccccc2Oc2c1cccc2[Si](c1ccccc1)(c1ccccc1)c1cccc(-n2c3ccccc3n3c4ccccc4nc23)c1. The highest BCUT2D eigenvalue weighted by molar-refractivity contribution is 7.20. The molecule has 0 spiro atoms. The number of imidazole rings is 2. The van der Waals surface area contributed by atoms with Crippen LogP contribution in [0.2, 0.25) is 0 Å². The number of para-hydroxylation sites is 6. The van der Waals surface area contributed by atoms with Gasteiger partial charge in [0.2, 0.25) is 5.78 Å². The van der Waals surface area contributed by atoms with Crippen molar-refractivity contribution in [1.82, 2.24) is 14.0 Å². The van der Waals surface area contributed by atoms with Gasteiger partial charge < -0.3 is 4.74 Å². The smallest absolute Gasteiger partial charge is 0.220 e. The van der Waals surface area contributed by atoms with Crippen molar-refractivity contribution in [2.45, 2.75) is 32.1 Å². The van der Waals surface area contributed by atoms with Crippen LogP contribution in [0, 0.1) is 0 Å². The molecule has 0 saturated carbocycles. The lowest BCUT2D eigenvalue weighted by Gasteiger charge is -2.43. The first-order valence-electron chi connectivity index (χ1n) is 18.7. The molecule has 10 rings (SSSR count). The van der Waals surface area contributed by atoms with Crippen molar-refractivity contribution in [3.05, 3.63) is 187 Å².